The molecule has 2 N–H and O–H groups in total. The van der Waals surface area contributed by atoms with Gasteiger partial charge in [-0.05, 0) is 59.5 Å². The molecule has 0 saturated heterocycles. The molecule has 0 aliphatic rings. The molecule has 3 aromatic heterocycles. The molecule has 0 aliphatic heterocycles. The molecule has 34 heavy (non-hydrogen) atoms. The molecular weight excluding hydrogens is 470 g/mol. The summed E-state index contributed by atoms with van der Waals surface area (Å²) in [7, 11) is -3.64. The predicted molar refractivity (Wildman–Crippen MR) is 132 cm³/mol. The number of imidazole rings is 1. The van der Waals surface area contributed by atoms with Crippen LogP contribution in [0.1, 0.15) is 15.9 Å². The van der Waals surface area contributed by atoms with Gasteiger partial charge in [0.05, 0.1) is 16.7 Å². The van der Waals surface area contributed by atoms with Crippen LogP contribution in [-0.4, -0.2) is 28.9 Å². The summed E-state index contributed by atoms with van der Waals surface area (Å²) in [4.78, 5) is 21.1. The Morgan fingerprint density at radius 2 is 1.94 bits per heavy atom. The quantitative estimate of drug-likeness (QED) is 0.356. The summed E-state index contributed by atoms with van der Waals surface area (Å²) in [5.41, 5.74) is 4.04. The number of amides is 1. The van der Waals surface area contributed by atoms with Crippen molar-refractivity contribution < 1.29 is 13.2 Å². The monoisotopic (exact) mass is 489 g/mol. The first-order valence-electron chi connectivity index (χ1n) is 10.3. The van der Waals surface area contributed by atoms with E-state index < -0.39 is 10.0 Å². The van der Waals surface area contributed by atoms with Gasteiger partial charge in [0.2, 0.25) is 0 Å². The Balaban J connectivity index is 1.37. The van der Waals surface area contributed by atoms with Crippen LogP contribution in [0.4, 0.5) is 5.69 Å². The van der Waals surface area contributed by atoms with Crippen LogP contribution in [-0.2, 0) is 16.6 Å². The molecule has 0 atom stereocenters. The minimum atomic E-state index is -3.64. The van der Waals surface area contributed by atoms with Gasteiger partial charge >= 0.3 is 0 Å². The molecule has 0 saturated carbocycles. The predicted octanol–water partition coefficient (Wildman–Crippen LogP) is 4.21. The number of nitrogens with zero attached hydrogens (tertiary/aromatic N) is 3. The van der Waals surface area contributed by atoms with Crippen molar-refractivity contribution in [1.82, 2.24) is 19.9 Å². The fourth-order valence-electron chi connectivity index (χ4n) is 3.49. The number of anilines is 1. The lowest BCUT2D eigenvalue weighted by molar-refractivity contribution is 0.0951. The molecule has 5 rings (SSSR count). The summed E-state index contributed by atoms with van der Waals surface area (Å²) in [6.45, 7) is 0.382. The molecule has 2 aromatic carbocycles. The van der Waals surface area contributed by atoms with Gasteiger partial charge in [0, 0.05) is 30.2 Å². The molecule has 5 aromatic rings. The molecule has 0 spiro atoms. The maximum absolute atomic E-state index is 12.6. The minimum Gasteiger partial charge on any atom is -0.348 e. The highest BCUT2D eigenvalue weighted by Gasteiger charge is 2.16. The molecule has 0 radical (unpaired) electrons. The molecule has 1 amide bonds. The molecule has 10 heteroatoms. The number of fused-ring (bicyclic) bond motifs is 1. The Hall–Kier alpha value is -4.02. The maximum Gasteiger partial charge on any atom is 0.271 e. The van der Waals surface area contributed by atoms with Crippen molar-refractivity contribution >= 4 is 44.0 Å². The third-order valence-corrected chi connectivity index (χ3v) is 7.90. The Labute approximate surface area is 200 Å². The van der Waals surface area contributed by atoms with Crippen molar-refractivity contribution in [3.8, 4) is 5.69 Å². The van der Waals surface area contributed by atoms with Gasteiger partial charge in [-0.3, -0.25) is 19.1 Å². The van der Waals surface area contributed by atoms with E-state index in [2.05, 4.69) is 20.0 Å². The third-order valence-electron chi connectivity index (χ3n) is 5.12. The standard InChI is InChI=1S/C24H19N5O3S2/c30-24(26-15-17-4-2-10-25-14-17)18-8-9-22-21(12-18)27-16-29(22)20-6-1-5-19(13-20)28-34(31,32)23-7-3-11-33-23/h1-14,16,28H,15H2,(H,26,30). The summed E-state index contributed by atoms with van der Waals surface area (Å²) in [6, 6.07) is 19.3. The highest BCUT2D eigenvalue weighted by molar-refractivity contribution is 7.94. The molecule has 0 aliphatic carbocycles. The van der Waals surface area contributed by atoms with Crippen molar-refractivity contribution in [2.75, 3.05) is 4.72 Å². The van der Waals surface area contributed by atoms with E-state index in [1.165, 1.54) is 0 Å². The van der Waals surface area contributed by atoms with Crippen molar-refractivity contribution in [2.24, 2.45) is 0 Å². The van der Waals surface area contributed by atoms with Gasteiger partial charge < -0.3 is 5.32 Å². The lowest BCUT2D eigenvalue weighted by Gasteiger charge is -2.10. The average Bonchev–Trinajstić information content (AvgIpc) is 3.53. The number of pyridine rings is 1. The van der Waals surface area contributed by atoms with Crippen LogP contribution in [0.15, 0.2) is 95.0 Å². The number of hydrogen-bond acceptors (Lipinski definition) is 6. The highest BCUT2D eigenvalue weighted by atomic mass is 32.2. The summed E-state index contributed by atoms with van der Waals surface area (Å²) in [6.07, 6.45) is 5.04. The highest BCUT2D eigenvalue weighted by Crippen LogP contribution is 2.24. The number of nitrogens with one attached hydrogen (secondary N) is 2. The lowest BCUT2D eigenvalue weighted by atomic mass is 10.1. The van der Waals surface area contributed by atoms with Gasteiger partial charge in [-0.15, -0.1) is 11.3 Å². The smallest absolute Gasteiger partial charge is 0.271 e. The number of carbonyl (C=O) groups is 1. The fraction of sp³-hybridized carbons (Fsp3) is 0.0417. The summed E-state index contributed by atoms with van der Waals surface area (Å²) >= 11 is 1.16. The first-order valence-corrected chi connectivity index (χ1v) is 12.7. The molecule has 8 nitrogen and oxygen atoms in total. The zero-order valence-electron chi connectivity index (χ0n) is 17.8. The summed E-state index contributed by atoms with van der Waals surface area (Å²) in [5, 5.41) is 4.60. The Kier molecular flexibility index (Phi) is 5.83. The normalized spacial score (nSPS) is 11.4. The van der Waals surface area contributed by atoms with E-state index in [9.17, 15) is 13.2 Å². The second kappa shape index (κ2) is 9.08. The van der Waals surface area contributed by atoms with Gasteiger partial charge in [-0.25, -0.2) is 13.4 Å². The van der Waals surface area contributed by atoms with Crippen LogP contribution < -0.4 is 10.0 Å². The Bertz CT molecular complexity index is 1560. The van der Waals surface area contributed by atoms with Crippen LogP contribution in [0.25, 0.3) is 16.7 Å². The van der Waals surface area contributed by atoms with E-state index in [0.29, 0.717) is 23.3 Å². The van der Waals surface area contributed by atoms with E-state index in [-0.39, 0.29) is 10.1 Å². The second-order valence-electron chi connectivity index (χ2n) is 7.45. The fourth-order valence-corrected chi connectivity index (χ4v) is 5.53. The van der Waals surface area contributed by atoms with E-state index in [1.54, 1.807) is 66.6 Å². The first kappa shape index (κ1) is 21.8. The van der Waals surface area contributed by atoms with Crippen molar-refractivity contribution in [3.05, 3.63) is 102 Å². The molecule has 3 heterocycles. The number of thiophene rings is 1. The molecule has 170 valence electrons. The van der Waals surface area contributed by atoms with E-state index in [0.717, 1.165) is 28.1 Å². The largest absolute Gasteiger partial charge is 0.348 e. The lowest BCUT2D eigenvalue weighted by Crippen LogP contribution is -2.22. The minimum absolute atomic E-state index is 0.203. The van der Waals surface area contributed by atoms with E-state index >= 15 is 0 Å². The molecule has 0 bridgehead atoms. The van der Waals surface area contributed by atoms with Crippen LogP contribution in [0.5, 0.6) is 0 Å². The van der Waals surface area contributed by atoms with E-state index in [1.807, 2.05) is 28.8 Å². The number of benzene rings is 2. The first-order chi connectivity index (χ1) is 16.5. The van der Waals surface area contributed by atoms with Gasteiger partial charge in [-0.2, -0.15) is 0 Å². The molecular formula is C24H19N5O3S2. The van der Waals surface area contributed by atoms with Crippen molar-refractivity contribution in [2.45, 2.75) is 10.8 Å². The number of aromatic nitrogens is 3. The molecule has 0 unspecified atom stereocenters. The number of rotatable bonds is 7. The van der Waals surface area contributed by atoms with Crippen LogP contribution in [0.3, 0.4) is 0 Å². The zero-order chi connectivity index (χ0) is 23.5. The third kappa shape index (κ3) is 4.54. The SMILES string of the molecule is O=C(NCc1cccnc1)c1ccc2c(c1)ncn2-c1cccc(NS(=O)(=O)c2cccs2)c1. The van der Waals surface area contributed by atoms with E-state index in [4.69, 9.17) is 0 Å². The van der Waals surface area contributed by atoms with Gasteiger partial charge in [0.25, 0.3) is 15.9 Å². The van der Waals surface area contributed by atoms with Gasteiger partial charge in [-0.1, -0.05) is 18.2 Å². The van der Waals surface area contributed by atoms with Gasteiger partial charge in [0.15, 0.2) is 0 Å². The second-order valence-corrected chi connectivity index (χ2v) is 10.3. The van der Waals surface area contributed by atoms with Gasteiger partial charge in [0.1, 0.15) is 10.5 Å². The summed E-state index contributed by atoms with van der Waals surface area (Å²) < 4.78 is 29.8. The van der Waals surface area contributed by atoms with Crippen molar-refractivity contribution in [1.29, 1.82) is 0 Å². The van der Waals surface area contributed by atoms with Crippen molar-refractivity contribution in [3.63, 3.8) is 0 Å². The van der Waals surface area contributed by atoms with Crippen LogP contribution in [0, 0.1) is 0 Å². The topological polar surface area (TPSA) is 106 Å². The van der Waals surface area contributed by atoms with Crippen LogP contribution in [0.2, 0.25) is 0 Å². The Morgan fingerprint density at radius 3 is 2.74 bits per heavy atom. The average molecular weight is 490 g/mol. The number of carbonyl (C=O) groups excluding carboxylic acids is 1. The zero-order valence-corrected chi connectivity index (χ0v) is 19.4. The number of sulfonamides is 1. The summed E-state index contributed by atoms with van der Waals surface area (Å²) in [5.74, 6) is -0.203. The Morgan fingerprint density at radius 1 is 1.03 bits per heavy atom. The molecule has 0 fully saturated rings. The number of hydrogen-bond donors (Lipinski definition) is 2. The van der Waals surface area contributed by atoms with Crippen LogP contribution >= 0.6 is 11.3 Å². The maximum atomic E-state index is 12.6.